The Bertz CT molecular complexity index is 326. The Balaban J connectivity index is 1.97. The summed E-state index contributed by atoms with van der Waals surface area (Å²) in [6, 6.07) is 2.29. The molecule has 15 heavy (non-hydrogen) atoms. The van der Waals surface area contributed by atoms with E-state index in [-0.39, 0.29) is 11.9 Å². The first-order chi connectivity index (χ1) is 7.25. The maximum atomic E-state index is 12.9. The van der Waals surface area contributed by atoms with E-state index in [2.05, 4.69) is 17.2 Å². The summed E-state index contributed by atoms with van der Waals surface area (Å²) < 4.78 is 12.9. The van der Waals surface area contributed by atoms with Crippen molar-refractivity contribution >= 4 is 11.8 Å². The van der Waals surface area contributed by atoms with Crippen molar-refractivity contribution in [1.29, 1.82) is 0 Å². The molecule has 0 aliphatic carbocycles. The van der Waals surface area contributed by atoms with Crippen LogP contribution in [0, 0.1) is 5.82 Å². The molecule has 1 N–H and O–H groups in total. The van der Waals surface area contributed by atoms with Gasteiger partial charge < -0.3 is 5.32 Å². The molecule has 1 aliphatic rings. The van der Waals surface area contributed by atoms with Gasteiger partial charge in [-0.15, -0.1) is 0 Å². The number of nitrogens with zero attached hydrogens (tertiary/aromatic N) is 1. The lowest BCUT2D eigenvalue weighted by Crippen LogP contribution is -2.31. The van der Waals surface area contributed by atoms with Gasteiger partial charge in [-0.05, 0) is 30.7 Å². The minimum absolute atomic E-state index is 0.178. The Hall–Kier alpha value is -0.610. The second kappa shape index (κ2) is 4.94. The molecule has 2 atom stereocenters. The highest BCUT2D eigenvalue weighted by Crippen LogP contribution is 2.21. The zero-order valence-electron chi connectivity index (χ0n) is 8.74. The van der Waals surface area contributed by atoms with Crippen LogP contribution in [-0.4, -0.2) is 22.5 Å². The molecule has 0 radical (unpaired) electrons. The zero-order chi connectivity index (χ0) is 10.7. The number of halogens is 1. The molecule has 1 aromatic rings. The van der Waals surface area contributed by atoms with E-state index in [0.29, 0.717) is 6.04 Å². The lowest BCUT2D eigenvalue weighted by molar-refractivity contribution is 0.482. The third kappa shape index (κ3) is 2.92. The van der Waals surface area contributed by atoms with Gasteiger partial charge in [-0.25, -0.2) is 4.39 Å². The van der Waals surface area contributed by atoms with Gasteiger partial charge in [-0.3, -0.25) is 4.98 Å². The van der Waals surface area contributed by atoms with Gasteiger partial charge in [0.2, 0.25) is 0 Å². The summed E-state index contributed by atoms with van der Waals surface area (Å²) in [5.41, 5.74) is 0.923. The molecular weight excluding hydrogens is 211 g/mol. The molecule has 1 saturated heterocycles. The van der Waals surface area contributed by atoms with Crippen molar-refractivity contribution in [3.8, 4) is 0 Å². The van der Waals surface area contributed by atoms with Crippen molar-refractivity contribution in [3.05, 3.63) is 29.8 Å². The van der Waals surface area contributed by atoms with Crippen LogP contribution in [-0.2, 0) is 0 Å². The fourth-order valence-corrected chi connectivity index (χ4v) is 2.95. The number of rotatable bonds is 3. The molecule has 0 unspecified atom stereocenters. The molecule has 0 bridgehead atoms. The fraction of sp³-hybridized carbons (Fsp3) is 0.545. The van der Waals surface area contributed by atoms with Crippen LogP contribution in [0.15, 0.2) is 18.5 Å². The van der Waals surface area contributed by atoms with Gasteiger partial charge in [0.25, 0.3) is 0 Å². The molecule has 2 nitrogen and oxygen atoms in total. The average Bonchev–Trinajstić information content (AvgIpc) is 2.70. The molecule has 0 spiro atoms. The highest BCUT2D eigenvalue weighted by molar-refractivity contribution is 7.99. The van der Waals surface area contributed by atoms with E-state index in [1.165, 1.54) is 18.4 Å². The van der Waals surface area contributed by atoms with E-state index >= 15 is 0 Å². The van der Waals surface area contributed by atoms with Crippen LogP contribution in [0.2, 0.25) is 0 Å². The molecule has 1 aromatic heterocycles. The third-order valence-electron chi connectivity index (χ3n) is 2.64. The molecule has 4 heteroatoms. The summed E-state index contributed by atoms with van der Waals surface area (Å²) in [7, 11) is 0. The Morgan fingerprint density at radius 1 is 1.60 bits per heavy atom. The number of pyridine rings is 1. The molecular formula is C11H15FN2S. The monoisotopic (exact) mass is 226 g/mol. The van der Waals surface area contributed by atoms with Gasteiger partial charge in [0, 0.05) is 24.0 Å². The predicted octanol–water partition coefficient (Wildman–Crippen LogP) is 2.38. The van der Waals surface area contributed by atoms with Gasteiger partial charge in [-0.2, -0.15) is 11.8 Å². The molecule has 0 aromatic carbocycles. The first-order valence-electron chi connectivity index (χ1n) is 5.20. The van der Waals surface area contributed by atoms with E-state index < -0.39 is 0 Å². The van der Waals surface area contributed by atoms with Crippen molar-refractivity contribution in [2.45, 2.75) is 25.4 Å². The highest BCUT2D eigenvalue weighted by Gasteiger charge is 2.18. The van der Waals surface area contributed by atoms with Crippen molar-refractivity contribution in [2.75, 3.05) is 11.5 Å². The summed E-state index contributed by atoms with van der Waals surface area (Å²) in [5.74, 6) is 2.13. The fourth-order valence-electron chi connectivity index (χ4n) is 1.78. The van der Waals surface area contributed by atoms with Gasteiger partial charge in [0.05, 0.1) is 6.20 Å². The van der Waals surface area contributed by atoms with E-state index in [4.69, 9.17) is 0 Å². The number of hydrogen-bond acceptors (Lipinski definition) is 3. The van der Waals surface area contributed by atoms with Crippen molar-refractivity contribution in [1.82, 2.24) is 10.3 Å². The van der Waals surface area contributed by atoms with E-state index in [1.54, 1.807) is 12.3 Å². The van der Waals surface area contributed by atoms with Gasteiger partial charge in [0.15, 0.2) is 0 Å². The Morgan fingerprint density at radius 2 is 2.47 bits per heavy atom. The average molecular weight is 226 g/mol. The Kier molecular flexibility index (Phi) is 3.59. The van der Waals surface area contributed by atoms with E-state index in [0.717, 1.165) is 11.3 Å². The van der Waals surface area contributed by atoms with E-state index in [9.17, 15) is 4.39 Å². The lowest BCUT2D eigenvalue weighted by atomic mass is 10.1. The Labute approximate surface area is 93.7 Å². The maximum Gasteiger partial charge on any atom is 0.141 e. The van der Waals surface area contributed by atoms with Gasteiger partial charge in [-0.1, -0.05) is 0 Å². The Morgan fingerprint density at radius 3 is 3.13 bits per heavy atom. The van der Waals surface area contributed by atoms with Crippen LogP contribution < -0.4 is 5.32 Å². The topological polar surface area (TPSA) is 24.9 Å². The number of thioether (sulfide) groups is 1. The maximum absolute atomic E-state index is 12.9. The quantitative estimate of drug-likeness (QED) is 0.856. The minimum Gasteiger partial charge on any atom is -0.307 e. The standard InChI is InChI=1S/C11H15FN2S/c1-8(14-11-2-3-15-7-11)9-4-10(12)6-13-5-9/h4-6,8,11,14H,2-3,7H2,1H3/t8-,11-/m0/s1. The molecule has 1 fully saturated rings. The second-order valence-corrected chi connectivity index (χ2v) is 5.04. The van der Waals surface area contributed by atoms with Crippen LogP contribution in [0.4, 0.5) is 4.39 Å². The molecule has 82 valence electrons. The van der Waals surface area contributed by atoms with Gasteiger partial charge in [0.1, 0.15) is 5.82 Å². The largest absolute Gasteiger partial charge is 0.307 e. The number of hydrogen-bond donors (Lipinski definition) is 1. The summed E-state index contributed by atoms with van der Waals surface area (Å²) >= 11 is 1.97. The first-order valence-corrected chi connectivity index (χ1v) is 6.35. The number of aromatic nitrogens is 1. The van der Waals surface area contributed by atoms with Crippen LogP contribution >= 0.6 is 11.8 Å². The van der Waals surface area contributed by atoms with Crippen LogP contribution in [0.3, 0.4) is 0 Å². The van der Waals surface area contributed by atoms with Crippen molar-refractivity contribution in [2.24, 2.45) is 0 Å². The van der Waals surface area contributed by atoms with Crippen molar-refractivity contribution in [3.63, 3.8) is 0 Å². The van der Waals surface area contributed by atoms with Crippen LogP contribution in [0.5, 0.6) is 0 Å². The molecule has 2 rings (SSSR count). The predicted molar refractivity (Wildman–Crippen MR) is 61.5 cm³/mol. The van der Waals surface area contributed by atoms with Crippen molar-refractivity contribution < 1.29 is 4.39 Å². The third-order valence-corrected chi connectivity index (χ3v) is 3.80. The summed E-state index contributed by atoms with van der Waals surface area (Å²) in [5, 5.41) is 3.49. The summed E-state index contributed by atoms with van der Waals surface area (Å²) in [6.07, 6.45) is 4.17. The highest BCUT2D eigenvalue weighted by atomic mass is 32.2. The van der Waals surface area contributed by atoms with Crippen LogP contribution in [0.1, 0.15) is 24.9 Å². The number of nitrogens with one attached hydrogen (secondary N) is 1. The summed E-state index contributed by atoms with van der Waals surface area (Å²) in [6.45, 7) is 2.06. The SMILES string of the molecule is C[C@H](N[C@H]1CCSC1)c1cncc(F)c1. The lowest BCUT2D eigenvalue weighted by Gasteiger charge is -2.18. The second-order valence-electron chi connectivity index (χ2n) is 3.89. The smallest absolute Gasteiger partial charge is 0.141 e. The normalized spacial score (nSPS) is 22.9. The molecule has 0 amide bonds. The van der Waals surface area contributed by atoms with Gasteiger partial charge >= 0.3 is 0 Å². The van der Waals surface area contributed by atoms with Crippen LogP contribution in [0.25, 0.3) is 0 Å². The zero-order valence-corrected chi connectivity index (χ0v) is 9.56. The minimum atomic E-state index is -0.262. The van der Waals surface area contributed by atoms with E-state index in [1.807, 2.05) is 11.8 Å². The molecule has 1 aliphatic heterocycles. The summed E-state index contributed by atoms with van der Waals surface area (Å²) in [4.78, 5) is 3.86. The molecule has 0 saturated carbocycles. The molecule has 2 heterocycles. The first kappa shape index (κ1) is 10.9.